The molecule has 8 N–H and O–H groups in total. The van der Waals surface area contributed by atoms with Gasteiger partial charge in [0.25, 0.3) is 0 Å². The number of rotatable bonds is 8. The third kappa shape index (κ3) is 3.65. The van der Waals surface area contributed by atoms with Crippen molar-refractivity contribution in [3.05, 3.63) is 0 Å². The van der Waals surface area contributed by atoms with Crippen LogP contribution in [0.1, 0.15) is 44.9 Å². The Balaban J connectivity index is 3.61. The van der Waals surface area contributed by atoms with Crippen LogP contribution in [-0.2, 0) is 19.2 Å². The highest BCUT2D eigenvalue weighted by Crippen LogP contribution is 2.55. The molecule has 0 bridgehead atoms. The quantitative estimate of drug-likeness (QED) is 0.331. The van der Waals surface area contributed by atoms with Crippen LogP contribution in [0.15, 0.2) is 0 Å². The first-order valence-corrected chi connectivity index (χ1v) is 7.32. The molecule has 0 aliphatic heterocycles. The Hall–Kier alpha value is -2.20. The molecular weight excluding hydrogens is 324 g/mol. The molecule has 0 aromatic heterocycles. The van der Waals surface area contributed by atoms with Crippen molar-refractivity contribution in [2.24, 2.45) is 16.9 Å². The van der Waals surface area contributed by atoms with Crippen LogP contribution in [0.5, 0.6) is 0 Å². The molecule has 10 nitrogen and oxygen atoms in total. The fraction of sp³-hybridized carbons (Fsp3) is 0.714. The van der Waals surface area contributed by atoms with Gasteiger partial charge in [-0.25, -0.2) is 0 Å². The molecule has 1 rings (SSSR count). The van der Waals surface area contributed by atoms with Crippen LogP contribution in [0, 0.1) is 5.41 Å². The maximum Gasteiger partial charge on any atom is 0.305 e. The second kappa shape index (κ2) is 6.73. The zero-order chi connectivity index (χ0) is 18.8. The molecule has 0 aromatic rings. The Morgan fingerprint density at radius 1 is 0.667 bits per heavy atom. The summed E-state index contributed by atoms with van der Waals surface area (Å²) in [6.45, 7) is 0. The van der Waals surface area contributed by atoms with Gasteiger partial charge in [0.2, 0.25) is 0 Å². The maximum atomic E-state index is 11.4. The molecule has 2 unspecified atom stereocenters. The van der Waals surface area contributed by atoms with Crippen molar-refractivity contribution in [2.45, 2.75) is 56.0 Å². The highest BCUT2D eigenvalue weighted by molar-refractivity contribution is 5.76. The molecule has 0 amide bonds. The van der Waals surface area contributed by atoms with Crippen molar-refractivity contribution in [1.29, 1.82) is 0 Å². The van der Waals surface area contributed by atoms with Gasteiger partial charge in [0.05, 0.1) is 25.7 Å². The smallest absolute Gasteiger partial charge is 0.305 e. The second-order valence-corrected chi connectivity index (χ2v) is 6.53. The average molecular weight is 346 g/mol. The molecule has 1 aliphatic carbocycles. The molecule has 1 aliphatic rings. The Morgan fingerprint density at radius 3 is 1.21 bits per heavy atom. The second-order valence-electron chi connectivity index (χ2n) is 6.53. The molecular formula is C14H22N2O8. The number of carbonyl (C=O) groups is 4. The van der Waals surface area contributed by atoms with E-state index in [1.54, 1.807) is 0 Å². The van der Waals surface area contributed by atoms with Gasteiger partial charge in [0.15, 0.2) is 0 Å². The van der Waals surface area contributed by atoms with E-state index in [0.29, 0.717) is 0 Å². The van der Waals surface area contributed by atoms with Gasteiger partial charge in [-0.15, -0.1) is 0 Å². The van der Waals surface area contributed by atoms with Crippen LogP contribution in [-0.4, -0.2) is 55.4 Å². The predicted molar refractivity (Wildman–Crippen MR) is 79.1 cm³/mol. The lowest BCUT2D eigenvalue weighted by Crippen LogP contribution is -2.73. The molecule has 0 heterocycles. The Kier molecular flexibility index (Phi) is 5.57. The molecule has 0 saturated heterocycles. The third-order valence-electron chi connectivity index (χ3n) is 4.99. The van der Waals surface area contributed by atoms with E-state index in [9.17, 15) is 29.4 Å². The van der Waals surface area contributed by atoms with Crippen LogP contribution >= 0.6 is 0 Å². The number of hydrogen-bond donors (Lipinski definition) is 6. The highest BCUT2D eigenvalue weighted by Gasteiger charge is 2.64. The van der Waals surface area contributed by atoms with Gasteiger partial charge in [-0.3, -0.25) is 19.2 Å². The first-order chi connectivity index (χ1) is 10.9. The standard InChI is InChI=1S/C14H22N2O8/c15-13(6-10(21)22)2-1-3-14(16,7-11(23)24)12(13,4-8(17)18)5-9(19)20/h1-7,15-16H2,(H,17,18)(H,19,20)(H,21,22)(H,23,24). The minimum absolute atomic E-state index is 0.0401. The van der Waals surface area contributed by atoms with Gasteiger partial charge in [-0.2, -0.15) is 0 Å². The normalized spacial score (nSPS) is 28.9. The van der Waals surface area contributed by atoms with Crippen molar-refractivity contribution in [1.82, 2.24) is 0 Å². The zero-order valence-corrected chi connectivity index (χ0v) is 13.0. The fourth-order valence-electron chi connectivity index (χ4n) is 4.03. The number of nitrogens with two attached hydrogens (primary N) is 2. The highest BCUT2D eigenvalue weighted by atomic mass is 16.4. The van der Waals surface area contributed by atoms with Crippen LogP contribution < -0.4 is 11.5 Å². The summed E-state index contributed by atoms with van der Waals surface area (Å²) >= 11 is 0. The lowest BCUT2D eigenvalue weighted by molar-refractivity contribution is -0.163. The van der Waals surface area contributed by atoms with Gasteiger partial charge in [0.1, 0.15) is 0 Å². The summed E-state index contributed by atoms with van der Waals surface area (Å²) in [4.78, 5) is 45.3. The van der Waals surface area contributed by atoms with Crippen molar-refractivity contribution in [2.75, 3.05) is 0 Å². The Labute approximate surface area is 137 Å². The monoisotopic (exact) mass is 346 g/mol. The van der Waals surface area contributed by atoms with Crippen molar-refractivity contribution in [3.8, 4) is 0 Å². The van der Waals surface area contributed by atoms with E-state index in [1.807, 2.05) is 0 Å². The largest absolute Gasteiger partial charge is 0.481 e. The summed E-state index contributed by atoms with van der Waals surface area (Å²) in [6.07, 6.45) is -2.70. The van der Waals surface area contributed by atoms with Gasteiger partial charge in [0, 0.05) is 16.5 Å². The van der Waals surface area contributed by atoms with E-state index in [-0.39, 0.29) is 19.3 Å². The molecule has 0 radical (unpaired) electrons. The lowest BCUT2D eigenvalue weighted by Gasteiger charge is -2.59. The zero-order valence-electron chi connectivity index (χ0n) is 13.0. The van der Waals surface area contributed by atoms with E-state index < -0.39 is 66.1 Å². The summed E-state index contributed by atoms with van der Waals surface area (Å²) in [5.41, 5.74) is 7.00. The van der Waals surface area contributed by atoms with Crippen molar-refractivity contribution >= 4 is 23.9 Å². The summed E-state index contributed by atoms with van der Waals surface area (Å²) < 4.78 is 0. The SMILES string of the molecule is NC1(CC(=O)O)CCCC(N)(CC(=O)O)C1(CC(=O)O)CC(=O)O. The summed E-state index contributed by atoms with van der Waals surface area (Å²) in [7, 11) is 0. The molecule has 10 heteroatoms. The third-order valence-corrected chi connectivity index (χ3v) is 4.99. The first kappa shape index (κ1) is 19.8. The first-order valence-electron chi connectivity index (χ1n) is 7.32. The van der Waals surface area contributed by atoms with Crippen molar-refractivity contribution in [3.63, 3.8) is 0 Å². The van der Waals surface area contributed by atoms with E-state index in [4.69, 9.17) is 21.7 Å². The summed E-state index contributed by atoms with van der Waals surface area (Å²) in [5, 5.41) is 36.9. The Bertz CT molecular complexity index is 515. The van der Waals surface area contributed by atoms with Crippen LogP contribution in [0.4, 0.5) is 0 Å². The van der Waals surface area contributed by atoms with Gasteiger partial charge in [-0.1, -0.05) is 0 Å². The topological polar surface area (TPSA) is 201 Å². The summed E-state index contributed by atoms with van der Waals surface area (Å²) in [5.74, 6) is -5.51. The van der Waals surface area contributed by atoms with Gasteiger partial charge in [-0.05, 0) is 19.3 Å². The van der Waals surface area contributed by atoms with E-state index in [1.165, 1.54) is 0 Å². The summed E-state index contributed by atoms with van der Waals surface area (Å²) in [6, 6.07) is 0. The molecule has 136 valence electrons. The molecule has 24 heavy (non-hydrogen) atoms. The number of carboxylic acid groups (broad SMARTS) is 4. The number of hydrogen-bond acceptors (Lipinski definition) is 6. The number of carboxylic acids is 4. The van der Waals surface area contributed by atoms with E-state index in [2.05, 4.69) is 0 Å². The number of aliphatic carboxylic acids is 4. The van der Waals surface area contributed by atoms with Crippen LogP contribution in [0.2, 0.25) is 0 Å². The van der Waals surface area contributed by atoms with E-state index in [0.717, 1.165) is 0 Å². The van der Waals surface area contributed by atoms with Gasteiger partial charge < -0.3 is 31.9 Å². The van der Waals surface area contributed by atoms with Gasteiger partial charge >= 0.3 is 23.9 Å². The van der Waals surface area contributed by atoms with E-state index >= 15 is 0 Å². The minimum atomic E-state index is -1.91. The van der Waals surface area contributed by atoms with Crippen molar-refractivity contribution < 1.29 is 39.6 Å². The molecule has 1 saturated carbocycles. The fourth-order valence-corrected chi connectivity index (χ4v) is 4.03. The van der Waals surface area contributed by atoms with Crippen LogP contribution in [0.25, 0.3) is 0 Å². The van der Waals surface area contributed by atoms with Crippen LogP contribution in [0.3, 0.4) is 0 Å². The maximum absolute atomic E-state index is 11.4. The molecule has 2 atom stereocenters. The lowest BCUT2D eigenvalue weighted by atomic mass is 9.48. The molecule has 0 aromatic carbocycles. The average Bonchev–Trinajstić information content (AvgIpc) is 2.32. The Morgan fingerprint density at radius 2 is 0.958 bits per heavy atom. The molecule has 1 fully saturated rings. The predicted octanol–water partition coefficient (Wildman–Crippen LogP) is -0.549. The minimum Gasteiger partial charge on any atom is -0.481 e. The molecule has 0 spiro atoms.